The fraction of sp³-hybridized carbons (Fsp3) is 0.500. The van der Waals surface area contributed by atoms with Gasteiger partial charge in [0.2, 0.25) is 0 Å². The van der Waals surface area contributed by atoms with Gasteiger partial charge in [0.25, 0.3) is 0 Å². The molecule has 2 atom stereocenters. The first kappa shape index (κ1) is 12.0. The number of benzene rings is 1. The van der Waals surface area contributed by atoms with Crippen LogP contribution in [-0.4, -0.2) is 25.2 Å². The Bertz CT molecular complexity index is 371. The summed E-state index contributed by atoms with van der Waals surface area (Å²) in [6, 6.07) is 6.82. The Morgan fingerprint density at radius 2 is 1.75 bits per heavy atom. The van der Waals surface area contributed by atoms with Crippen LogP contribution in [0.2, 0.25) is 10.0 Å². The summed E-state index contributed by atoms with van der Waals surface area (Å²) in [6.07, 6.45) is 0. The van der Waals surface area contributed by atoms with E-state index >= 15 is 0 Å². The van der Waals surface area contributed by atoms with Gasteiger partial charge in [0.15, 0.2) is 0 Å². The summed E-state index contributed by atoms with van der Waals surface area (Å²) in [5, 5.41) is 4.74. The Balaban J connectivity index is 2.19. The molecular formula is C12H16Cl2N2. The first-order chi connectivity index (χ1) is 7.56. The zero-order valence-electron chi connectivity index (χ0n) is 9.50. The van der Waals surface area contributed by atoms with Crippen molar-refractivity contribution in [2.24, 2.45) is 0 Å². The van der Waals surface area contributed by atoms with Crippen LogP contribution >= 0.6 is 23.2 Å². The Morgan fingerprint density at radius 1 is 1.12 bits per heavy atom. The van der Waals surface area contributed by atoms with E-state index < -0.39 is 0 Å². The van der Waals surface area contributed by atoms with E-state index in [-0.39, 0.29) is 0 Å². The van der Waals surface area contributed by atoms with Crippen LogP contribution in [-0.2, 0) is 0 Å². The Hall–Kier alpha value is -0.440. The van der Waals surface area contributed by atoms with Crippen molar-refractivity contribution in [2.45, 2.75) is 25.9 Å². The largest absolute Gasteiger partial charge is 0.368 e. The molecule has 0 spiro atoms. The van der Waals surface area contributed by atoms with Gasteiger partial charge in [-0.25, -0.2) is 0 Å². The standard InChI is InChI=1S/C12H16Cl2N2/c1-8-6-16(7-9(2)15-8)10-3-4-11(13)12(14)5-10/h3-5,8-9,15H,6-7H2,1-2H3. The van der Waals surface area contributed by atoms with Gasteiger partial charge in [0, 0.05) is 30.9 Å². The summed E-state index contributed by atoms with van der Waals surface area (Å²) in [6.45, 7) is 6.39. The highest BCUT2D eigenvalue weighted by molar-refractivity contribution is 6.42. The van der Waals surface area contributed by atoms with Gasteiger partial charge in [0.1, 0.15) is 0 Å². The molecule has 1 N–H and O–H groups in total. The predicted octanol–water partition coefficient (Wildman–Crippen LogP) is 3.18. The number of nitrogens with one attached hydrogen (secondary N) is 1. The molecule has 1 aliphatic heterocycles. The summed E-state index contributed by atoms with van der Waals surface area (Å²) in [5.74, 6) is 0. The molecule has 2 unspecified atom stereocenters. The first-order valence-electron chi connectivity index (χ1n) is 5.52. The van der Waals surface area contributed by atoms with Crippen LogP contribution in [0.3, 0.4) is 0 Å². The second-order valence-electron chi connectivity index (χ2n) is 4.47. The Morgan fingerprint density at radius 3 is 2.31 bits per heavy atom. The van der Waals surface area contributed by atoms with E-state index in [4.69, 9.17) is 23.2 Å². The number of halogens is 2. The van der Waals surface area contributed by atoms with Crippen molar-refractivity contribution in [3.05, 3.63) is 28.2 Å². The number of hydrogen-bond donors (Lipinski definition) is 1. The average Bonchev–Trinajstić information content (AvgIpc) is 2.20. The molecule has 1 heterocycles. The molecule has 88 valence electrons. The van der Waals surface area contributed by atoms with Gasteiger partial charge >= 0.3 is 0 Å². The lowest BCUT2D eigenvalue weighted by molar-refractivity contribution is 0.407. The fourth-order valence-electron chi connectivity index (χ4n) is 2.22. The maximum absolute atomic E-state index is 6.03. The van der Waals surface area contributed by atoms with Crippen LogP contribution in [0.15, 0.2) is 18.2 Å². The van der Waals surface area contributed by atoms with E-state index in [0.717, 1.165) is 18.8 Å². The lowest BCUT2D eigenvalue weighted by atomic mass is 10.1. The molecule has 2 rings (SSSR count). The molecule has 0 amide bonds. The van der Waals surface area contributed by atoms with Crippen LogP contribution in [0.1, 0.15) is 13.8 Å². The average molecular weight is 259 g/mol. The van der Waals surface area contributed by atoms with Gasteiger partial charge in [-0.1, -0.05) is 23.2 Å². The molecule has 1 aliphatic rings. The van der Waals surface area contributed by atoms with Crippen molar-refractivity contribution >= 4 is 28.9 Å². The minimum atomic E-state index is 0.498. The van der Waals surface area contributed by atoms with Crippen molar-refractivity contribution in [1.82, 2.24) is 5.32 Å². The van der Waals surface area contributed by atoms with E-state index in [1.165, 1.54) is 0 Å². The van der Waals surface area contributed by atoms with E-state index in [9.17, 15) is 0 Å². The number of hydrogen-bond acceptors (Lipinski definition) is 2. The molecule has 0 bridgehead atoms. The van der Waals surface area contributed by atoms with E-state index in [1.54, 1.807) is 0 Å². The molecule has 0 aromatic heterocycles. The topological polar surface area (TPSA) is 15.3 Å². The zero-order valence-corrected chi connectivity index (χ0v) is 11.0. The van der Waals surface area contributed by atoms with Gasteiger partial charge in [-0.15, -0.1) is 0 Å². The molecule has 1 aromatic rings. The molecule has 16 heavy (non-hydrogen) atoms. The predicted molar refractivity (Wildman–Crippen MR) is 70.7 cm³/mol. The quantitative estimate of drug-likeness (QED) is 0.833. The second-order valence-corrected chi connectivity index (χ2v) is 5.29. The number of nitrogens with zero attached hydrogens (tertiary/aromatic N) is 1. The minimum Gasteiger partial charge on any atom is -0.368 e. The van der Waals surface area contributed by atoms with Gasteiger partial charge in [-0.3, -0.25) is 0 Å². The second kappa shape index (κ2) is 4.82. The molecule has 1 fully saturated rings. The van der Waals surface area contributed by atoms with Gasteiger partial charge in [-0.05, 0) is 32.0 Å². The molecule has 4 heteroatoms. The highest BCUT2D eigenvalue weighted by Gasteiger charge is 2.21. The summed E-state index contributed by atoms with van der Waals surface area (Å²) in [7, 11) is 0. The summed E-state index contributed by atoms with van der Waals surface area (Å²) >= 11 is 11.9. The van der Waals surface area contributed by atoms with Crippen LogP contribution in [0, 0.1) is 0 Å². The number of anilines is 1. The maximum Gasteiger partial charge on any atom is 0.0612 e. The Kier molecular flexibility index (Phi) is 3.63. The smallest absolute Gasteiger partial charge is 0.0612 e. The third-order valence-corrected chi connectivity index (χ3v) is 3.56. The van der Waals surface area contributed by atoms with Crippen molar-refractivity contribution in [3.63, 3.8) is 0 Å². The van der Waals surface area contributed by atoms with E-state index in [1.807, 2.05) is 18.2 Å². The molecule has 0 radical (unpaired) electrons. The molecule has 2 nitrogen and oxygen atoms in total. The molecule has 0 saturated carbocycles. The minimum absolute atomic E-state index is 0.498. The van der Waals surface area contributed by atoms with E-state index in [2.05, 4.69) is 24.1 Å². The summed E-state index contributed by atoms with van der Waals surface area (Å²) < 4.78 is 0. The lowest BCUT2D eigenvalue weighted by Crippen LogP contribution is -2.54. The van der Waals surface area contributed by atoms with Gasteiger partial charge in [0.05, 0.1) is 10.0 Å². The third-order valence-electron chi connectivity index (χ3n) is 2.83. The normalized spacial score (nSPS) is 25.9. The zero-order chi connectivity index (χ0) is 11.7. The van der Waals surface area contributed by atoms with Crippen LogP contribution < -0.4 is 10.2 Å². The summed E-state index contributed by atoms with van der Waals surface area (Å²) in [5.41, 5.74) is 1.15. The third kappa shape index (κ3) is 2.62. The van der Waals surface area contributed by atoms with Gasteiger partial charge < -0.3 is 10.2 Å². The van der Waals surface area contributed by atoms with Crippen molar-refractivity contribution in [2.75, 3.05) is 18.0 Å². The Labute approximate surface area is 107 Å². The summed E-state index contributed by atoms with van der Waals surface area (Å²) in [4.78, 5) is 2.34. The van der Waals surface area contributed by atoms with E-state index in [0.29, 0.717) is 22.1 Å². The van der Waals surface area contributed by atoms with Gasteiger partial charge in [-0.2, -0.15) is 0 Å². The maximum atomic E-state index is 6.03. The van der Waals surface area contributed by atoms with Crippen LogP contribution in [0.4, 0.5) is 5.69 Å². The van der Waals surface area contributed by atoms with Crippen molar-refractivity contribution < 1.29 is 0 Å². The molecule has 1 saturated heterocycles. The molecule has 0 aliphatic carbocycles. The highest BCUT2D eigenvalue weighted by atomic mass is 35.5. The SMILES string of the molecule is CC1CN(c2ccc(Cl)c(Cl)c2)CC(C)N1. The number of piperazine rings is 1. The molecular weight excluding hydrogens is 243 g/mol. The lowest BCUT2D eigenvalue weighted by Gasteiger charge is -2.37. The number of rotatable bonds is 1. The van der Waals surface area contributed by atoms with Crippen molar-refractivity contribution in [1.29, 1.82) is 0 Å². The first-order valence-corrected chi connectivity index (χ1v) is 6.28. The molecule has 1 aromatic carbocycles. The monoisotopic (exact) mass is 258 g/mol. The fourth-order valence-corrected chi connectivity index (χ4v) is 2.51. The van der Waals surface area contributed by atoms with Crippen molar-refractivity contribution in [3.8, 4) is 0 Å². The van der Waals surface area contributed by atoms with Crippen LogP contribution in [0.5, 0.6) is 0 Å². The van der Waals surface area contributed by atoms with Crippen LogP contribution in [0.25, 0.3) is 0 Å². The highest BCUT2D eigenvalue weighted by Crippen LogP contribution is 2.28.